The van der Waals surface area contributed by atoms with Crippen LogP contribution in [0.1, 0.15) is 60.1 Å². The van der Waals surface area contributed by atoms with Crippen molar-refractivity contribution in [2.75, 3.05) is 5.32 Å². The van der Waals surface area contributed by atoms with Gasteiger partial charge in [-0.2, -0.15) is 4.73 Å². The molecular weight excluding hydrogens is 577 g/mol. The first kappa shape index (κ1) is 28.1. The lowest BCUT2D eigenvalue weighted by atomic mass is 9.89. The predicted octanol–water partition coefficient (Wildman–Crippen LogP) is 6.33. The molecule has 12 heteroatoms. The zero-order valence-corrected chi connectivity index (χ0v) is 24.1. The highest BCUT2D eigenvalue weighted by atomic mass is 35.5. The lowest BCUT2D eigenvalue weighted by Gasteiger charge is -2.23. The number of aromatic carboxylic acids is 1. The molecule has 40 heavy (non-hydrogen) atoms. The second-order valence-corrected chi connectivity index (χ2v) is 12.3. The smallest absolute Gasteiger partial charge is 0.412 e. The van der Waals surface area contributed by atoms with E-state index in [1.807, 2.05) is 0 Å². The van der Waals surface area contributed by atoms with Gasteiger partial charge in [-0.15, -0.1) is 11.3 Å². The van der Waals surface area contributed by atoms with Gasteiger partial charge in [0.1, 0.15) is 15.6 Å². The molecule has 5 rings (SSSR count). The molecule has 1 unspecified atom stereocenters. The lowest BCUT2D eigenvalue weighted by molar-refractivity contribution is -0.619. The van der Waals surface area contributed by atoms with Gasteiger partial charge in [-0.3, -0.25) is 5.32 Å². The average Bonchev–Trinajstić information content (AvgIpc) is 3.57. The predicted molar refractivity (Wildman–Crippen MR) is 154 cm³/mol. The zero-order chi connectivity index (χ0) is 29.0. The molecule has 0 spiro atoms. The fraction of sp³-hybridized carbons (Fsp3) is 0.286. The maximum Gasteiger partial charge on any atom is 0.412 e. The number of carbonyl (C=O) groups excluding carboxylic acids is 1. The number of carbonyl (C=O) groups is 2. The number of allylic oxidation sites excluding steroid dienone is 1. The second kappa shape index (κ2) is 10.2. The van der Waals surface area contributed by atoms with Crippen LogP contribution < -0.4 is 10.0 Å². The van der Waals surface area contributed by atoms with Gasteiger partial charge in [0.25, 0.3) is 0 Å². The van der Waals surface area contributed by atoms with Crippen LogP contribution in [0.2, 0.25) is 5.02 Å². The van der Waals surface area contributed by atoms with Gasteiger partial charge in [-0.05, 0) is 74.9 Å². The number of carboxylic acid groups (broad SMARTS) is 1. The van der Waals surface area contributed by atoms with Gasteiger partial charge >= 0.3 is 12.1 Å². The maximum absolute atomic E-state index is 13.4. The maximum atomic E-state index is 13.4. The summed E-state index contributed by atoms with van der Waals surface area (Å²) < 4.78 is 5.99. The number of hydrogen-bond donors (Lipinski definition) is 3. The highest BCUT2D eigenvalue weighted by Crippen LogP contribution is 2.44. The first-order valence-electron chi connectivity index (χ1n) is 12.3. The van der Waals surface area contributed by atoms with Crippen molar-refractivity contribution in [2.45, 2.75) is 51.2 Å². The minimum Gasteiger partial charge on any atom is -0.618 e. The first-order chi connectivity index (χ1) is 18.7. The van der Waals surface area contributed by atoms with Crippen LogP contribution in [0.3, 0.4) is 0 Å². The van der Waals surface area contributed by atoms with E-state index < -0.39 is 23.3 Å². The Morgan fingerprint density at radius 2 is 1.95 bits per heavy atom. The number of pyridine rings is 1. The number of amides is 1. The lowest BCUT2D eigenvalue weighted by Crippen LogP contribution is -2.45. The molecule has 0 bridgehead atoms. The van der Waals surface area contributed by atoms with Gasteiger partial charge in [0.05, 0.1) is 11.4 Å². The Bertz CT molecular complexity index is 1620. The molecule has 0 fully saturated rings. The minimum atomic E-state index is -1.66. The number of anilines is 1. The molecular formula is C28H25Cl2N3O6S. The topological polar surface area (TPSA) is 135 Å². The number of halogens is 2. The van der Waals surface area contributed by atoms with Crippen molar-refractivity contribution < 1.29 is 29.3 Å². The Labute approximate surface area is 243 Å². The third-order valence-corrected chi connectivity index (χ3v) is 8.12. The van der Waals surface area contributed by atoms with E-state index in [-0.39, 0.29) is 28.6 Å². The van der Waals surface area contributed by atoms with Crippen LogP contribution in [0.25, 0.3) is 16.7 Å². The van der Waals surface area contributed by atoms with Crippen molar-refractivity contribution in [3.8, 4) is 11.1 Å². The summed E-state index contributed by atoms with van der Waals surface area (Å²) in [4.78, 5) is 28.3. The van der Waals surface area contributed by atoms with Gasteiger partial charge in [0.15, 0.2) is 11.8 Å². The number of benzene rings is 1. The quantitative estimate of drug-likeness (QED) is 0.177. The van der Waals surface area contributed by atoms with Gasteiger partial charge in [-0.25, -0.2) is 14.6 Å². The molecule has 0 saturated carbocycles. The largest absolute Gasteiger partial charge is 0.618 e. The third-order valence-electron chi connectivity index (χ3n) is 6.65. The van der Waals surface area contributed by atoms with Gasteiger partial charge in [-0.1, -0.05) is 23.2 Å². The normalized spacial score (nSPS) is 18.5. The first-order valence-corrected chi connectivity index (χ1v) is 14.0. The Morgan fingerprint density at radius 1 is 1.20 bits per heavy atom. The molecule has 1 aliphatic heterocycles. The number of aryl methyl sites for hydroxylation is 1. The highest BCUT2D eigenvalue weighted by molar-refractivity contribution is 7.12. The van der Waals surface area contributed by atoms with E-state index in [4.69, 9.17) is 27.9 Å². The van der Waals surface area contributed by atoms with Crippen molar-refractivity contribution in [1.82, 2.24) is 0 Å². The summed E-state index contributed by atoms with van der Waals surface area (Å²) in [5.41, 5.74) is 1.36. The number of aliphatic imine (C=N–C) groups is 1. The molecule has 9 nitrogen and oxygen atoms in total. The van der Waals surface area contributed by atoms with E-state index in [0.29, 0.717) is 55.4 Å². The van der Waals surface area contributed by atoms with Gasteiger partial charge in [0, 0.05) is 33.7 Å². The number of hydrogen-bond acceptors (Lipinski definition) is 7. The van der Waals surface area contributed by atoms with E-state index >= 15 is 0 Å². The Kier molecular flexibility index (Phi) is 7.16. The molecule has 3 heterocycles. The fourth-order valence-corrected chi connectivity index (χ4v) is 6.15. The highest BCUT2D eigenvalue weighted by Gasteiger charge is 2.50. The third kappa shape index (κ3) is 5.32. The van der Waals surface area contributed by atoms with Crippen molar-refractivity contribution in [3.63, 3.8) is 0 Å². The molecule has 1 amide bonds. The number of ether oxygens (including phenoxy) is 1. The molecule has 208 valence electrons. The fourth-order valence-electron chi connectivity index (χ4n) is 4.94. The van der Waals surface area contributed by atoms with Crippen molar-refractivity contribution in [3.05, 3.63) is 79.0 Å². The average molecular weight is 602 g/mol. The molecule has 3 N–H and O–H groups in total. The number of nitrogens with one attached hydrogen (secondary N) is 1. The van der Waals surface area contributed by atoms with Crippen molar-refractivity contribution in [2.24, 2.45) is 4.99 Å². The number of fused-ring (bicyclic) bond motifs is 1. The summed E-state index contributed by atoms with van der Waals surface area (Å²) in [6, 6.07) is 8.19. The van der Waals surface area contributed by atoms with E-state index in [9.17, 15) is 25.0 Å². The van der Waals surface area contributed by atoms with Crippen LogP contribution in [0, 0.1) is 5.21 Å². The molecule has 3 aromatic rings. The number of carboxylic acids is 1. The van der Waals surface area contributed by atoms with Crippen LogP contribution in [-0.4, -0.2) is 33.6 Å². The molecule has 0 radical (unpaired) electrons. The summed E-state index contributed by atoms with van der Waals surface area (Å²) in [6.07, 6.45) is 1.45. The molecule has 2 aromatic heterocycles. The van der Waals surface area contributed by atoms with E-state index in [2.05, 4.69) is 10.3 Å². The molecule has 1 atom stereocenters. The van der Waals surface area contributed by atoms with Crippen LogP contribution in [0.5, 0.6) is 0 Å². The molecule has 2 aliphatic rings. The van der Waals surface area contributed by atoms with Crippen LogP contribution in [-0.2, 0) is 16.8 Å². The van der Waals surface area contributed by atoms with Gasteiger partial charge in [0.2, 0.25) is 5.69 Å². The number of aromatic nitrogens is 1. The zero-order valence-electron chi connectivity index (χ0n) is 21.7. The standard InChI is InChI=1S/C28H25Cl2N3O6S/c1-27(2,3)39-26(36)31-20-5-4-17(29)10-18(20)15-8-14-6-7-28(37,23(14)33(38)12-15)22-11-19(24(30)32-22)16-9-21(25(34)35)40-13-16/h4-5,8-10,12-13,37H,6-7,11H2,1-3H3,(H,31,36)(H,34,35). The summed E-state index contributed by atoms with van der Waals surface area (Å²) in [5, 5.41) is 39.4. The molecule has 1 aliphatic carbocycles. The van der Waals surface area contributed by atoms with Crippen molar-refractivity contribution >= 4 is 63.6 Å². The van der Waals surface area contributed by atoms with E-state index in [1.54, 1.807) is 50.4 Å². The summed E-state index contributed by atoms with van der Waals surface area (Å²) in [7, 11) is 0. The molecule has 0 saturated heterocycles. The summed E-state index contributed by atoms with van der Waals surface area (Å²) >= 11 is 13.8. The summed E-state index contributed by atoms with van der Waals surface area (Å²) in [6.45, 7) is 5.27. The van der Waals surface area contributed by atoms with Gasteiger partial charge < -0.3 is 20.2 Å². The Balaban J connectivity index is 1.46. The second-order valence-electron chi connectivity index (χ2n) is 10.6. The monoisotopic (exact) mass is 601 g/mol. The van der Waals surface area contributed by atoms with E-state index in [0.717, 1.165) is 11.3 Å². The minimum absolute atomic E-state index is 0.150. The van der Waals surface area contributed by atoms with Crippen LogP contribution >= 0.6 is 34.5 Å². The van der Waals surface area contributed by atoms with E-state index in [1.165, 1.54) is 12.3 Å². The molecule has 1 aromatic carbocycles. The Morgan fingerprint density at radius 3 is 2.62 bits per heavy atom. The van der Waals surface area contributed by atoms with Crippen molar-refractivity contribution in [1.29, 1.82) is 0 Å². The van der Waals surface area contributed by atoms with Crippen LogP contribution in [0.4, 0.5) is 10.5 Å². The van der Waals surface area contributed by atoms with Crippen LogP contribution in [0.15, 0.2) is 52.1 Å². The SMILES string of the molecule is CC(C)(C)OC(=O)Nc1ccc(Cl)cc1-c1cc2c([n+]([O-])c1)C(O)(C1=NC(Cl)=C(c3csc(C(=O)O)c3)C1)CC2. The number of aliphatic hydroxyl groups is 1. The Hall–Kier alpha value is -3.44. The number of nitrogens with zero attached hydrogens (tertiary/aromatic N) is 2. The number of rotatable bonds is 5. The summed E-state index contributed by atoms with van der Waals surface area (Å²) in [5.74, 6) is -1.04. The number of thiophene rings is 1.